The van der Waals surface area contributed by atoms with E-state index in [-0.39, 0.29) is 5.91 Å². The normalized spacial score (nSPS) is 15.6. The molecule has 1 N–H and O–H groups in total. The second kappa shape index (κ2) is 11.5. The molecule has 8 heteroatoms. The monoisotopic (exact) mass is 447 g/mol. The molecule has 1 aliphatic heterocycles. The molecule has 2 aromatic rings. The van der Waals surface area contributed by atoms with Gasteiger partial charge in [0, 0.05) is 36.6 Å². The third kappa shape index (κ3) is 5.75. The lowest BCUT2D eigenvalue weighted by Crippen LogP contribution is -2.52. The number of hydrogen-bond donors (Lipinski definition) is 1. The molecular formula is C23H33N3O4S. The number of nitrogens with one attached hydrogen (secondary N) is 1. The second-order valence-corrected chi connectivity index (χ2v) is 8.47. The molecule has 31 heavy (non-hydrogen) atoms. The zero-order valence-electron chi connectivity index (χ0n) is 18.8. The van der Waals surface area contributed by atoms with E-state index in [2.05, 4.69) is 29.0 Å². The summed E-state index contributed by atoms with van der Waals surface area (Å²) in [5.41, 5.74) is 1.34. The average Bonchev–Trinajstić information content (AvgIpc) is 3.32. The van der Waals surface area contributed by atoms with Gasteiger partial charge in [-0.25, -0.2) is 4.98 Å². The number of thiazole rings is 1. The molecule has 0 saturated carbocycles. The van der Waals surface area contributed by atoms with Gasteiger partial charge in [-0.15, -0.1) is 11.3 Å². The minimum absolute atomic E-state index is 0.132. The minimum Gasteiger partial charge on any atom is -0.493 e. The molecule has 170 valence electrons. The first-order valence-corrected chi connectivity index (χ1v) is 11.8. The van der Waals surface area contributed by atoms with Crippen LogP contribution < -0.4 is 14.8 Å². The van der Waals surface area contributed by atoms with Gasteiger partial charge in [0.2, 0.25) is 0 Å². The fourth-order valence-electron chi connectivity index (χ4n) is 4.10. The number of ether oxygens (including phenoxy) is 3. The van der Waals surface area contributed by atoms with Crippen molar-refractivity contribution in [1.29, 1.82) is 0 Å². The van der Waals surface area contributed by atoms with E-state index in [1.54, 1.807) is 14.2 Å². The fraction of sp³-hybridized carbons (Fsp3) is 0.565. The lowest BCUT2D eigenvalue weighted by Gasteiger charge is -2.38. The van der Waals surface area contributed by atoms with E-state index in [4.69, 9.17) is 14.2 Å². The molecule has 1 aromatic carbocycles. The molecule has 1 fully saturated rings. The smallest absolute Gasteiger partial charge is 0.270 e. The summed E-state index contributed by atoms with van der Waals surface area (Å²) in [6.45, 7) is 8.40. The van der Waals surface area contributed by atoms with Crippen LogP contribution in [0.25, 0.3) is 10.6 Å². The van der Waals surface area contributed by atoms with Crippen LogP contribution in [-0.2, 0) is 4.74 Å². The predicted molar refractivity (Wildman–Crippen MR) is 123 cm³/mol. The molecule has 1 saturated heterocycles. The molecular weight excluding hydrogens is 414 g/mol. The highest BCUT2D eigenvalue weighted by molar-refractivity contribution is 7.13. The topological polar surface area (TPSA) is 72.9 Å². The number of methoxy groups -OCH3 is 2. The van der Waals surface area contributed by atoms with E-state index in [1.807, 2.05) is 23.6 Å². The highest BCUT2D eigenvalue weighted by atomic mass is 32.1. The van der Waals surface area contributed by atoms with Crippen molar-refractivity contribution in [2.24, 2.45) is 5.92 Å². The quantitative estimate of drug-likeness (QED) is 0.599. The Morgan fingerprint density at radius 1 is 1.19 bits per heavy atom. The van der Waals surface area contributed by atoms with Crippen LogP contribution in [0.5, 0.6) is 11.5 Å². The Kier molecular flexibility index (Phi) is 8.69. The Hall–Kier alpha value is -2.16. The minimum atomic E-state index is -0.132. The molecule has 2 heterocycles. The van der Waals surface area contributed by atoms with E-state index in [0.717, 1.165) is 49.7 Å². The summed E-state index contributed by atoms with van der Waals surface area (Å²) in [6.07, 6.45) is 2.18. The molecule has 1 unspecified atom stereocenters. The standard InChI is InChI=1S/C23H33N3O4S/c1-5-16(6-2)19(26-9-11-30-12-10-26)14-24-22(27)18-15-31-23(25-18)17-7-8-20(28-3)21(13-17)29-4/h7-8,13,15-16,19H,5-6,9-12,14H2,1-4H3,(H,24,27). The van der Waals surface area contributed by atoms with Crippen LogP contribution in [0, 0.1) is 5.92 Å². The summed E-state index contributed by atoms with van der Waals surface area (Å²) in [5.74, 6) is 1.71. The molecule has 1 atom stereocenters. The van der Waals surface area contributed by atoms with Crippen molar-refractivity contribution in [3.63, 3.8) is 0 Å². The Labute approximate surface area is 188 Å². The van der Waals surface area contributed by atoms with Crippen LogP contribution in [0.15, 0.2) is 23.6 Å². The Balaban J connectivity index is 1.68. The van der Waals surface area contributed by atoms with Gasteiger partial charge in [0.05, 0.1) is 27.4 Å². The van der Waals surface area contributed by atoms with Gasteiger partial charge >= 0.3 is 0 Å². The van der Waals surface area contributed by atoms with Crippen molar-refractivity contribution < 1.29 is 19.0 Å². The second-order valence-electron chi connectivity index (χ2n) is 7.61. The largest absolute Gasteiger partial charge is 0.493 e. The van der Waals surface area contributed by atoms with Gasteiger partial charge in [-0.3, -0.25) is 9.69 Å². The molecule has 7 nitrogen and oxygen atoms in total. The van der Waals surface area contributed by atoms with Crippen LogP contribution in [0.1, 0.15) is 37.2 Å². The van der Waals surface area contributed by atoms with Crippen LogP contribution in [0.3, 0.4) is 0 Å². The summed E-state index contributed by atoms with van der Waals surface area (Å²) < 4.78 is 16.2. The number of amides is 1. The third-order valence-electron chi connectivity index (χ3n) is 5.95. The number of rotatable bonds is 10. The first-order chi connectivity index (χ1) is 15.1. The summed E-state index contributed by atoms with van der Waals surface area (Å²) in [7, 11) is 3.21. The van der Waals surface area contributed by atoms with Crippen molar-refractivity contribution in [1.82, 2.24) is 15.2 Å². The van der Waals surface area contributed by atoms with E-state index >= 15 is 0 Å². The van der Waals surface area contributed by atoms with Gasteiger partial charge in [0.15, 0.2) is 11.5 Å². The van der Waals surface area contributed by atoms with E-state index in [0.29, 0.717) is 35.7 Å². The first kappa shape index (κ1) is 23.5. The maximum atomic E-state index is 12.8. The highest BCUT2D eigenvalue weighted by Crippen LogP contribution is 2.33. The first-order valence-electron chi connectivity index (χ1n) is 10.9. The number of nitrogens with zero attached hydrogens (tertiary/aromatic N) is 2. The number of carbonyl (C=O) groups excluding carboxylic acids is 1. The van der Waals surface area contributed by atoms with Gasteiger partial charge in [-0.1, -0.05) is 26.7 Å². The lowest BCUT2D eigenvalue weighted by molar-refractivity contribution is 0.00190. The molecule has 3 rings (SSSR count). The fourth-order valence-corrected chi connectivity index (χ4v) is 4.90. The maximum Gasteiger partial charge on any atom is 0.270 e. The average molecular weight is 448 g/mol. The van der Waals surface area contributed by atoms with E-state index < -0.39 is 0 Å². The Bertz CT molecular complexity index is 847. The van der Waals surface area contributed by atoms with Crippen LogP contribution in [0.4, 0.5) is 0 Å². The van der Waals surface area contributed by atoms with Gasteiger partial charge in [0.25, 0.3) is 5.91 Å². The van der Waals surface area contributed by atoms with E-state index in [1.165, 1.54) is 11.3 Å². The zero-order chi connectivity index (χ0) is 22.2. The van der Waals surface area contributed by atoms with Crippen LogP contribution in [-0.4, -0.2) is 68.9 Å². The molecule has 0 aliphatic carbocycles. The Morgan fingerprint density at radius 3 is 2.55 bits per heavy atom. The van der Waals surface area contributed by atoms with Gasteiger partial charge in [0.1, 0.15) is 10.7 Å². The summed E-state index contributed by atoms with van der Waals surface area (Å²) in [5, 5.41) is 5.71. The molecule has 0 spiro atoms. The van der Waals surface area contributed by atoms with Crippen LogP contribution >= 0.6 is 11.3 Å². The Morgan fingerprint density at radius 2 is 1.90 bits per heavy atom. The number of aromatic nitrogens is 1. The van der Waals surface area contributed by atoms with Crippen molar-refractivity contribution >= 4 is 17.2 Å². The highest BCUT2D eigenvalue weighted by Gasteiger charge is 2.27. The number of hydrogen-bond acceptors (Lipinski definition) is 7. The molecule has 0 radical (unpaired) electrons. The van der Waals surface area contributed by atoms with E-state index in [9.17, 15) is 4.79 Å². The summed E-state index contributed by atoms with van der Waals surface area (Å²) >= 11 is 1.45. The third-order valence-corrected chi connectivity index (χ3v) is 6.84. The van der Waals surface area contributed by atoms with Gasteiger partial charge < -0.3 is 19.5 Å². The summed E-state index contributed by atoms with van der Waals surface area (Å²) in [4.78, 5) is 19.9. The predicted octanol–water partition coefficient (Wildman–Crippen LogP) is 3.69. The van der Waals surface area contributed by atoms with Crippen molar-refractivity contribution in [3.05, 3.63) is 29.3 Å². The number of carbonyl (C=O) groups is 1. The van der Waals surface area contributed by atoms with Gasteiger partial charge in [-0.2, -0.15) is 0 Å². The summed E-state index contributed by atoms with van der Waals surface area (Å²) in [6, 6.07) is 5.95. The number of benzene rings is 1. The maximum absolute atomic E-state index is 12.8. The van der Waals surface area contributed by atoms with Gasteiger partial charge in [-0.05, 0) is 24.1 Å². The molecule has 1 amide bonds. The molecule has 0 bridgehead atoms. The molecule has 1 aliphatic rings. The SMILES string of the molecule is CCC(CC)C(CNC(=O)c1csc(-c2ccc(OC)c(OC)c2)n1)N1CCOCC1. The van der Waals surface area contributed by atoms with Crippen LogP contribution in [0.2, 0.25) is 0 Å². The van der Waals surface area contributed by atoms with Crippen molar-refractivity contribution in [3.8, 4) is 22.1 Å². The van der Waals surface area contributed by atoms with Crippen molar-refractivity contribution in [2.75, 3.05) is 47.1 Å². The molecule has 1 aromatic heterocycles. The number of morpholine rings is 1. The zero-order valence-corrected chi connectivity index (χ0v) is 19.7. The van der Waals surface area contributed by atoms with Crippen molar-refractivity contribution in [2.45, 2.75) is 32.7 Å². The lowest BCUT2D eigenvalue weighted by atomic mass is 9.92.